The van der Waals surface area contributed by atoms with Gasteiger partial charge in [-0.1, -0.05) is 27.2 Å². The summed E-state index contributed by atoms with van der Waals surface area (Å²) in [6, 6.07) is 8.03. The minimum Gasteiger partial charge on any atom is -0.378 e. The summed E-state index contributed by atoms with van der Waals surface area (Å²) in [5.41, 5.74) is 1.99. The van der Waals surface area contributed by atoms with Crippen LogP contribution in [0.2, 0.25) is 0 Å². The SMILES string of the molecule is CC1CCC(C(C)C)C(OCC(=O)Nc2ccc(N3CCOCC3)cc2)C1. The van der Waals surface area contributed by atoms with Gasteiger partial charge in [-0.15, -0.1) is 0 Å². The fraction of sp³-hybridized carbons (Fsp3) is 0.682. The molecule has 1 N–H and O–H groups in total. The van der Waals surface area contributed by atoms with Gasteiger partial charge in [0.05, 0.1) is 19.3 Å². The first-order chi connectivity index (χ1) is 13.0. The molecule has 3 atom stereocenters. The number of anilines is 2. The van der Waals surface area contributed by atoms with Gasteiger partial charge in [-0.05, 0) is 54.9 Å². The first-order valence-electron chi connectivity index (χ1n) is 10.4. The normalized spacial score (nSPS) is 26.2. The summed E-state index contributed by atoms with van der Waals surface area (Å²) >= 11 is 0. The molecule has 2 aliphatic rings. The molecule has 0 aromatic heterocycles. The molecule has 0 bridgehead atoms. The van der Waals surface area contributed by atoms with E-state index in [0.717, 1.165) is 38.4 Å². The molecule has 0 spiro atoms. The lowest BCUT2D eigenvalue weighted by Gasteiger charge is -2.37. The topological polar surface area (TPSA) is 50.8 Å². The van der Waals surface area contributed by atoms with Gasteiger partial charge in [0, 0.05) is 24.5 Å². The van der Waals surface area contributed by atoms with Gasteiger partial charge in [-0.3, -0.25) is 4.79 Å². The number of amides is 1. The second-order valence-electron chi connectivity index (χ2n) is 8.37. The predicted molar refractivity (Wildman–Crippen MR) is 109 cm³/mol. The lowest BCUT2D eigenvalue weighted by molar-refractivity contribution is -0.126. The molecule has 1 amide bonds. The number of benzene rings is 1. The molecule has 5 nitrogen and oxygen atoms in total. The average molecular weight is 375 g/mol. The monoisotopic (exact) mass is 374 g/mol. The fourth-order valence-electron chi connectivity index (χ4n) is 4.26. The standard InChI is InChI=1S/C22H34N2O3/c1-16(2)20-9-4-17(3)14-21(20)27-15-22(25)23-18-5-7-19(8-6-18)24-10-12-26-13-11-24/h5-8,16-17,20-21H,4,9-15H2,1-3H3,(H,23,25). The van der Waals surface area contributed by atoms with Crippen molar-refractivity contribution in [2.24, 2.45) is 17.8 Å². The lowest BCUT2D eigenvalue weighted by Crippen LogP contribution is -2.36. The Morgan fingerprint density at radius 1 is 1.22 bits per heavy atom. The second-order valence-corrected chi connectivity index (χ2v) is 8.37. The maximum atomic E-state index is 12.3. The summed E-state index contributed by atoms with van der Waals surface area (Å²) in [6.45, 7) is 10.3. The lowest BCUT2D eigenvalue weighted by atomic mass is 9.75. The first kappa shape index (κ1) is 20.2. The Labute approximate surface area is 163 Å². The van der Waals surface area contributed by atoms with E-state index in [-0.39, 0.29) is 18.6 Å². The number of rotatable bonds is 6. The van der Waals surface area contributed by atoms with E-state index in [1.54, 1.807) is 0 Å². The quantitative estimate of drug-likeness (QED) is 0.819. The summed E-state index contributed by atoms with van der Waals surface area (Å²) in [4.78, 5) is 14.6. The van der Waals surface area contributed by atoms with E-state index in [4.69, 9.17) is 9.47 Å². The molecule has 27 heavy (non-hydrogen) atoms. The smallest absolute Gasteiger partial charge is 0.250 e. The summed E-state index contributed by atoms with van der Waals surface area (Å²) in [5, 5.41) is 2.96. The van der Waals surface area contributed by atoms with Crippen LogP contribution in [0.3, 0.4) is 0 Å². The van der Waals surface area contributed by atoms with E-state index < -0.39 is 0 Å². The number of morpholine rings is 1. The van der Waals surface area contributed by atoms with Crippen molar-refractivity contribution >= 4 is 17.3 Å². The second kappa shape index (κ2) is 9.56. The minimum absolute atomic E-state index is 0.0742. The molecule has 150 valence electrons. The number of hydrogen-bond acceptors (Lipinski definition) is 4. The number of nitrogens with one attached hydrogen (secondary N) is 1. The zero-order chi connectivity index (χ0) is 19.2. The van der Waals surface area contributed by atoms with Crippen LogP contribution in [0.1, 0.15) is 40.0 Å². The molecule has 1 aliphatic heterocycles. The van der Waals surface area contributed by atoms with Crippen molar-refractivity contribution in [1.29, 1.82) is 0 Å². The van der Waals surface area contributed by atoms with E-state index in [0.29, 0.717) is 17.8 Å². The Kier molecular flexibility index (Phi) is 7.13. The van der Waals surface area contributed by atoms with Gasteiger partial charge in [0.25, 0.3) is 0 Å². The zero-order valence-corrected chi connectivity index (χ0v) is 16.9. The average Bonchev–Trinajstić information content (AvgIpc) is 2.67. The van der Waals surface area contributed by atoms with Crippen LogP contribution in [0.25, 0.3) is 0 Å². The van der Waals surface area contributed by atoms with Crippen molar-refractivity contribution in [3.63, 3.8) is 0 Å². The number of carbonyl (C=O) groups excluding carboxylic acids is 1. The number of nitrogens with zero attached hydrogens (tertiary/aromatic N) is 1. The molecule has 1 saturated heterocycles. The van der Waals surface area contributed by atoms with E-state index in [9.17, 15) is 4.79 Å². The van der Waals surface area contributed by atoms with Crippen molar-refractivity contribution < 1.29 is 14.3 Å². The summed E-state index contributed by atoms with van der Waals surface area (Å²) < 4.78 is 11.4. The van der Waals surface area contributed by atoms with Gasteiger partial charge in [0.1, 0.15) is 6.61 Å². The van der Waals surface area contributed by atoms with Crippen molar-refractivity contribution in [3.8, 4) is 0 Å². The highest BCUT2D eigenvalue weighted by Gasteiger charge is 2.31. The predicted octanol–water partition coefficient (Wildman–Crippen LogP) is 3.94. The highest BCUT2D eigenvalue weighted by molar-refractivity contribution is 5.91. The maximum absolute atomic E-state index is 12.3. The Hall–Kier alpha value is -1.59. The molecule has 5 heteroatoms. The van der Waals surface area contributed by atoms with Crippen LogP contribution in [0.15, 0.2) is 24.3 Å². The summed E-state index contributed by atoms with van der Waals surface area (Å²) in [5.74, 6) is 1.76. The van der Waals surface area contributed by atoms with Crippen LogP contribution in [-0.4, -0.2) is 44.9 Å². The van der Waals surface area contributed by atoms with E-state index in [1.165, 1.54) is 18.5 Å². The van der Waals surface area contributed by atoms with Crippen LogP contribution in [-0.2, 0) is 14.3 Å². The summed E-state index contributed by atoms with van der Waals surface area (Å²) in [7, 11) is 0. The molecule has 1 aromatic carbocycles. The molecule has 3 unspecified atom stereocenters. The molecule has 2 fully saturated rings. The van der Waals surface area contributed by atoms with Crippen LogP contribution in [0.4, 0.5) is 11.4 Å². The molecular weight excluding hydrogens is 340 g/mol. The minimum atomic E-state index is -0.0742. The number of carbonyl (C=O) groups is 1. The Morgan fingerprint density at radius 2 is 1.93 bits per heavy atom. The Morgan fingerprint density at radius 3 is 2.59 bits per heavy atom. The van der Waals surface area contributed by atoms with Gasteiger partial charge in [-0.25, -0.2) is 0 Å². The van der Waals surface area contributed by atoms with Crippen molar-refractivity contribution in [3.05, 3.63) is 24.3 Å². The van der Waals surface area contributed by atoms with E-state index >= 15 is 0 Å². The first-order valence-corrected chi connectivity index (χ1v) is 10.4. The van der Waals surface area contributed by atoms with Crippen molar-refractivity contribution in [2.75, 3.05) is 43.1 Å². The van der Waals surface area contributed by atoms with Gasteiger partial charge < -0.3 is 19.7 Å². The molecule has 1 saturated carbocycles. The third kappa shape index (κ3) is 5.69. The van der Waals surface area contributed by atoms with E-state index in [2.05, 4.69) is 43.1 Å². The van der Waals surface area contributed by atoms with Crippen LogP contribution in [0, 0.1) is 17.8 Å². The van der Waals surface area contributed by atoms with Crippen LogP contribution in [0.5, 0.6) is 0 Å². The maximum Gasteiger partial charge on any atom is 0.250 e. The molecule has 1 heterocycles. The third-order valence-electron chi connectivity index (χ3n) is 5.92. The van der Waals surface area contributed by atoms with Gasteiger partial charge in [0.15, 0.2) is 0 Å². The van der Waals surface area contributed by atoms with Crippen molar-refractivity contribution in [2.45, 2.75) is 46.1 Å². The third-order valence-corrected chi connectivity index (χ3v) is 5.92. The molecule has 0 radical (unpaired) electrons. The highest BCUT2D eigenvalue weighted by Crippen LogP contribution is 2.35. The van der Waals surface area contributed by atoms with Crippen molar-refractivity contribution in [1.82, 2.24) is 0 Å². The van der Waals surface area contributed by atoms with Gasteiger partial charge in [-0.2, -0.15) is 0 Å². The Balaban J connectivity index is 1.48. The van der Waals surface area contributed by atoms with Crippen LogP contribution >= 0.6 is 0 Å². The van der Waals surface area contributed by atoms with Gasteiger partial charge in [0.2, 0.25) is 5.91 Å². The molecule has 1 aliphatic carbocycles. The largest absolute Gasteiger partial charge is 0.378 e. The summed E-state index contributed by atoms with van der Waals surface area (Å²) in [6.07, 6.45) is 3.73. The van der Waals surface area contributed by atoms with E-state index in [1.807, 2.05) is 12.1 Å². The number of ether oxygens (including phenoxy) is 2. The molecule has 3 rings (SSSR count). The zero-order valence-electron chi connectivity index (χ0n) is 16.9. The molecular formula is C22H34N2O3. The highest BCUT2D eigenvalue weighted by atomic mass is 16.5. The van der Waals surface area contributed by atoms with Crippen LogP contribution < -0.4 is 10.2 Å². The molecule has 1 aromatic rings. The number of hydrogen-bond donors (Lipinski definition) is 1. The Bertz CT molecular complexity index is 596. The fourth-order valence-corrected chi connectivity index (χ4v) is 4.26. The van der Waals surface area contributed by atoms with Gasteiger partial charge >= 0.3 is 0 Å².